The number of piperidine rings is 1. The number of carbonyl (C=O) groups excluding carboxylic acids is 1. The summed E-state index contributed by atoms with van der Waals surface area (Å²) in [5.74, 6) is -0.0235. The van der Waals surface area contributed by atoms with Gasteiger partial charge in [0.15, 0.2) is 0 Å². The molecule has 0 bridgehead atoms. The van der Waals surface area contributed by atoms with E-state index in [0.717, 1.165) is 10.9 Å². The number of carbonyl (C=O) groups is 1. The summed E-state index contributed by atoms with van der Waals surface area (Å²) < 4.78 is 39.0. The van der Waals surface area contributed by atoms with E-state index in [4.69, 9.17) is 23.2 Å². The maximum absolute atomic E-state index is 12.8. The predicted octanol–water partition coefficient (Wildman–Crippen LogP) is 6.65. The molecule has 1 fully saturated rings. The van der Waals surface area contributed by atoms with Gasteiger partial charge < -0.3 is 10.6 Å². The lowest BCUT2D eigenvalue weighted by Crippen LogP contribution is -2.50. The molecule has 2 N–H and O–H groups in total. The molecule has 1 aliphatic heterocycles. The van der Waals surface area contributed by atoms with Gasteiger partial charge in [-0.25, -0.2) is 4.79 Å². The second-order valence-corrected chi connectivity index (χ2v) is 10.2. The second-order valence-electron chi connectivity index (χ2n) is 8.03. The third-order valence-corrected chi connectivity index (χ3v) is 7.21. The summed E-state index contributed by atoms with van der Waals surface area (Å²) in [6.45, 7) is 1.75. The first-order valence-electron chi connectivity index (χ1n) is 10.5. The largest absolute Gasteiger partial charge is 0.433 e. The van der Waals surface area contributed by atoms with E-state index in [1.807, 2.05) is 12.1 Å². The van der Waals surface area contributed by atoms with Crippen LogP contribution in [0, 0.1) is 0 Å². The predicted molar refractivity (Wildman–Crippen MR) is 129 cm³/mol. The van der Waals surface area contributed by atoms with E-state index >= 15 is 0 Å². The fraction of sp³-hybridized carbons (Fsp3) is 0.304. The molecule has 2 aromatic heterocycles. The summed E-state index contributed by atoms with van der Waals surface area (Å²) in [5, 5.41) is 6.46. The molecule has 1 aliphatic rings. The van der Waals surface area contributed by atoms with Crippen molar-refractivity contribution in [2.24, 2.45) is 0 Å². The quantitative estimate of drug-likeness (QED) is 0.389. The zero-order chi connectivity index (χ0) is 24.3. The first kappa shape index (κ1) is 24.8. The molecule has 5 nitrogen and oxygen atoms in total. The first-order chi connectivity index (χ1) is 16.2. The van der Waals surface area contributed by atoms with Gasteiger partial charge in [-0.3, -0.25) is 9.88 Å². The van der Waals surface area contributed by atoms with Crippen molar-refractivity contribution < 1.29 is 18.0 Å². The normalized spacial score (nSPS) is 19.1. The van der Waals surface area contributed by atoms with Crippen LogP contribution in [-0.4, -0.2) is 35.0 Å². The topological polar surface area (TPSA) is 57.3 Å². The van der Waals surface area contributed by atoms with Crippen molar-refractivity contribution >= 4 is 46.3 Å². The fourth-order valence-corrected chi connectivity index (χ4v) is 5.31. The average molecular weight is 529 g/mol. The van der Waals surface area contributed by atoms with Crippen LogP contribution in [0.3, 0.4) is 0 Å². The van der Waals surface area contributed by atoms with Gasteiger partial charge in [-0.2, -0.15) is 13.2 Å². The number of nitrogens with zero attached hydrogens (tertiary/aromatic N) is 2. The van der Waals surface area contributed by atoms with Crippen LogP contribution in [-0.2, 0) is 12.7 Å². The van der Waals surface area contributed by atoms with E-state index in [2.05, 4.69) is 20.5 Å². The number of benzene rings is 1. The van der Waals surface area contributed by atoms with Gasteiger partial charge in [-0.05, 0) is 54.4 Å². The number of nitrogens with one attached hydrogen (secondary N) is 2. The lowest BCUT2D eigenvalue weighted by Gasteiger charge is -2.38. The average Bonchev–Trinajstić information content (AvgIpc) is 3.22. The minimum Gasteiger partial charge on any atom is -0.334 e. The van der Waals surface area contributed by atoms with Crippen molar-refractivity contribution in [2.75, 3.05) is 18.4 Å². The van der Waals surface area contributed by atoms with E-state index in [9.17, 15) is 18.0 Å². The SMILES string of the molecule is O=C(Nc1ccc(Cl)cc1)NC1CCN(Cc2ccc(C(F)(F)F)nc2)CC1c1ccc(Cl)s1. The second kappa shape index (κ2) is 10.5. The summed E-state index contributed by atoms with van der Waals surface area (Å²) in [4.78, 5) is 19.4. The van der Waals surface area contributed by atoms with Crippen molar-refractivity contribution in [3.8, 4) is 0 Å². The van der Waals surface area contributed by atoms with Crippen LogP contribution in [0.25, 0.3) is 0 Å². The number of hydrogen-bond donors (Lipinski definition) is 2. The Morgan fingerprint density at radius 1 is 1.12 bits per heavy atom. The highest BCUT2D eigenvalue weighted by Gasteiger charge is 2.34. The maximum Gasteiger partial charge on any atom is 0.433 e. The molecule has 11 heteroatoms. The number of aromatic nitrogens is 1. The van der Waals surface area contributed by atoms with Crippen LogP contribution in [0.1, 0.15) is 28.5 Å². The molecule has 0 saturated carbocycles. The van der Waals surface area contributed by atoms with Gasteiger partial charge in [-0.1, -0.05) is 29.3 Å². The third-order valence-electron chi connectivity index (χ3n) is 5.60. The Balaban J connectivity index is 1.43. The Morgan fingerprint density at radius 2 is 1.88 bits per heavy atom. The standard InChI is InChI=1S/C23H21Cl2F3N4OS/c24-15-2-4-16(5-3-15)30-22(33)31-18-9-10-32(13-17(18)19-6-8-21(25)34-19)12-14-1-7-20(29-11-14)23(26,27)28/h1-8,11,17-18H,9-10,12-13H2,(H2,30,31,33). The molecule has 4 rings (SSSR count). The smallest absolute Gasteiger partial charge is 0.334 e. The number of anilines is 1. The summed E-state index contributed by atoms with van der Waals surface area (Å²) in [7, 11) is 0. The molecule has 2 unspecified atom stereocenters. The van der Waals surface area contributed by atoms with E-state index in [1.54, 1.807) is 24.3 Å². The van der Waals surface area contributed by atoms with Crippen molar-refractivity contribution in [1.29, 1.82) is 0 Å². The van der Waals surface area contributed by atoms with Crippen molar-refractivity contribution in [2.45, 2.75) is 31.1 Å². The number of halogens is 5. The van der Waals surface area contributed by atoms with Gasteiger partial charge in [0.2, 0.25) is 0 Å². The Kier molecular flexibility index (Phi) is 7.67. The van der Waals surface area contributed by atoms with Gasteiger partial charge in [0.1, 0.15) is 5.69 Å². The summed E-state index contributed by atoms with van der Waals surface area (Å²) in [6.07, 6.45) is -2.52. The molecule has 1 saturated heterocycles. The summed E-state index contributed by atoms with van der Waals surface area (Å²) in [5.41, 5.74) is 0.421. The van der Waals surface area contributed by atoms with E-state index in [-0.39, 0.29) is 18.0 Å². The maximum atomic E-state index is 12.8. The molecule has 3 heterocycles. The first-order valence-corrected chi connectivity index (χ1v) is 12.1. The van der Waals surface area contributed by atoms with Crippen LogP contribution in [0.15, 0.2) is 54.7 Å². The molecule has 34 heavy (non-hydrogen) atoms. The van der Waals surface area contributed by atoms with Gasteiger partial charge in [0, 0.05) is 53.4 Å². The number of alkyl halides is 3. The highest BCUT2D eigenvalue weighted by Crippen LogP contribution is 2.35. The van der Waals surface area contributed by atoms with E-state index < -0.39 is 11.9 Å². The minimum absolute atomic E-state index is 0.0235. The van der Waals surface area contributed by atoms with Gasteiger partial charge in [0.25, 0.3) is 0 Å². The number of rotatable bonds is 5. The van der Waals surface area contributed by atoms with Crippen LogP contribution in [0.4, 0.5) is 23.7 Å². The number of likely N-dealkylation sites (tertiary alicyclic amines) is 1. The molecule has 180 valence electrons. The number of hydrogen-bond acceptors (Lipinski definition) is 4. The Bertz CT molecular complexity index is 1120. The van der Waals surface area contributed by atoms with Crippen LogP contribution >= 0.6 is 34.5 Å². The summed E-state index contributed by atoms with van der Waals surface area (Å²) >= 11 is 13.5. The number of amides is 2. The van der Waals surface area contributed by atoms with Crippen LogP contribution in [0.2, 0.25) is 9.36 Å². The lowest BCUT2D eigenvalue weighted by atomic mass is 9.90. The molecule has 3 aromatic rings. The highest BCUT2D eigenvalue weighted by atomic mass is 35.5. The zero-order valence-corrected chi connectivity index (χ0v) is 20.1. The number of thiophene rings is 1. The van der Waals surface area contributed by atoms with Gasteiger partial charge in [-0.15, -0.1) is 11.3 Å². The Hall–Kier alpha value is -2.33. The molecule has 2 atom stereocenters. The van der Waals surface area contributed by atoms with Crippen LogP contribution < -0.4 is 10.6 Å². The van der Waals surface area contributed by atoms with Gasteiger partial charge in [0.05, 0.1) is 4.34 Å². The molecule has 0 aliphatic carbocycles. The molecule has 0 radical (unpaired) electrons. The highest BCUT2D eigenvalue weighted by molar-refractivity contribution is 7.16. The molecule has 0 spiro atoms. The molecule has 2 amide bonds. The van der Waals surface area contributed by atoms with E-state index in [1.165, 1.54) is 23.6 Å². The van der Waals surface area contributed by atoms with Crippen molar-refractivity contribution in [3.05, 3.63) is 80.2 Å². The Labute approximate surface area is 208 Å². The van der Waals surface area contributed by atoms with Crippen molar-refractivity contribution in [1.82, 2.24) is 15.2 Å². The zero-order valence-electron chi connectivity index (χ0n) is 17.8. The van der Waals surface area contributed by atoms with E-state index in [0.29, 0.717) is 46.7 Å². The monoisotopic (exact) mass is 528 g/mol. The molecular weight excluding hydrogens is 508 g/mol. The van der Waals surface area contributed by atoms with Gasteiger partial charge >= 0.3 is 12.2 Å². The molecular formula is C23H21Cl2F3N4OS. The van der Waals surface area contributed by atoms with Crippen LogP contribution in [0.5, 0.6) is 0 Å². The number of urea groups is 1. The Morgan fingerprint density at radius 3 is 2.50 bits per heavy atom. The minimum atomic E-state index is -4.46. The summed E-state index contributed by atoms with van der Waals surface area (Å²) in [6, 6.07) is 12.6. The number of pyridine rings is 1. The fourth-order valence-electron chi connectivity index (χ4n) is 3.96. The third kappa shape index (κ3) is 6.41. The van der Waals surface area contributed by atoms with Crippen molar-refractivity contribution in [3.63, 3.8) is 0 Å². The molecule has 1 aromatic carbocycles. The lowest BCUT2D eigenvalue weighted by molar-refractivity contribution is -0.141.